The fourth-order valence-corrected chi connectivity index (χ4v) is 2.05. The number of rotatable bonds is 5. The lowest BCUT2D eigenvalue weighted by Crippen LogP contribution is -2.08. The van der Waals surface area contributed by atoms with E-state index in [9.17, 15) is 9.59 Å². The first kappa shape index (κ1) is 17.7. The summed E-state index contributed by atoms with van der Waals surface area (Å²) >= 11 is 0. The second-order valence-electron chi connectivity index (χ2n) is 5.15. The van der Waals surface area contributed by atoms with E-state index < -0.39 is 5.97 Å². The van der Waals surface area contributed by atoms with Gasteiger partial charge in [-0.1, -0.05) is 43.7 Å². The van der Waals surface area contributed by atoms with Crippen LogP contribution in [0, 0.1) is 6.92 Å². The maximum Gasteiger partial charge on any atom is 0.303 e. The summed E-state index contributed by atoms with van der Waals surface area (Å²) < 4.78 is 1.87. The van der Waals surface area contributed by atoms with Crippen molar-refractivity contribution in [1.29, 1.82) is 0 Å². The molecule has 0 fully saturated rings. The van der Waals surface area contributed by atoms with Crippen molar-refractivity contribution < 1.29 is 14.7 Å². The Morgan fingerprint density at radius 2 is 1.77 bits per heavy atom. The van der Waals surface area contributed by atoms with Gasteiger partial charge in [-0.15, -0.1) is 0 Å². The molecule has 1 aromatic heterocycles. The van der Waals surface area contributed by atoms with E-state index in [1.165, 1.54) is 0 Å². The quantitative estimate of drug-likeness (QED) is 0.854. The zero-order valence-electron chi connectivity index (χ0n) is 13.4. The van der Waals surface area contributed by atoms with Gasteiger partial charge in [-0.3, -0.25) is 9.59 Å². The molecule has 1 aromatic carbocycles. The molecule has 0 bridgehead atoms. The van der Waals surface area contributed by atoms with Crippen LogP contribution < -0.4 is 0 Å². The van der Waals surface area contributed by atoms with Crippen LogP contribution in [-0.4, -0.2) is 21.4 Å². The number of hydrogen-bond acceptors (Lipinski definition) is 2. The highest BCUT2D eigenvalue weighted by Gasteiger charge is 2.14. The van der Waals surface area contributed by atoms with Crippen LogP contribution in [0.5, 0.6) is 0 Å². The van der Waals surface area contributed by atoms with Gasteiger partial charge in [-0.25, -0.2) is 0 Å². The van der Waals surface area contributed by atoms with Gasteiger partial charge < -0.3 is 9.67 Å². The number of benzene rings is 1. The molecule has 0 unspecified atom stereocenters. The minimum atomic E-state index is -0.693. The molecule has 118 valence electrons. The van der Waals surface area contributed by atoms with E-state index in [4.69, 9.17) is 5.11 Å². The smallest absolute Gasteiger partial charge is 0.303 e. The molecule has 0 aliphatic carbocycles. The second kappa shape index (κ2) is 8.82. The summed E-state index contributed by atoms with van der Waals surface area (Å²) in [6.45, 7) is 3.93. The number of nitrogens with zero attached hydrogens (tertiary/aromatic N) is 1. The van der Waals surface area contributed by atoms with Crippen LogP contribution in [-0.2, 0) is 11.8 Å². The van der Waals surface area contributed by atoms with E-state index in [1.807, 2.05) is 68.1 Å². The Hall–Kier alpha value is -2.36. The zero-order chi connectivity index (χ0) is 16.5. The standard InChI is InChI=1S/C13H13NO.C5H10O2/c1-10-8-9-14(2)12(10)13(15)11-6-4-3-5-7-11;1-2-3-4-5(6)7/h3-9H,1-2H3;2-4H2,1H3,(H,6,7). The number of carboxylic acid groups (broad SMARTS) is 1. The van der Waals surface area contributed by atoms with E-state index in [0.717, 1.165) is 29.7 Å². The molecule has 0 amide bonds. The van der Waals surface area contributed by atoms with E-state index in [-0.39, 0.29) is 5.78 Å². The Bertz CT molecular complexity index is 595. The molecule has 1 heterocycles. The lowest BCUT2D eigenvalue weighted by molar-refractivity contribution is -0.137. The van der Waals surface area contributed by atoms with E-state index in [0.29, 0.717) is 6.42 Å². The van der Waals surface area contributed by atoms with Crippen molar-refractivity contribution in [2.45, 2.75) is 33.1 Å². The van der Waals surface area contributed by atoms with Gasteiger partial charge in [-0.2, -0.15) is 0 Å². The van der Waals surface area contributed by atoms with E-state index in [1.54, 1.807) is 0 Å². The highest BCUT2D eigenvalue weighted by Crippen LogP contribution is 2.14. The van der Waals surface area contributed by atoms with Gasteiger partial charge in [0.2, 0.25) is 5.78 Å². The molecule has 1 N–H and O–H groups in total. The normalized spacial score (nSPS) is 9.77. The summed E-state index contributed by atoms with van der Waals surface area (Å²) in [7, 11) is 1.89. The Kier molecular flexibility index (Phi) is 7.09. The SMILES string of the molecule is CCCCC(=O)O.Cc1ccn(C)c1C(=O)c1ccccc1. The molecule has 0 saturated carbocycles. The van der Waals surface area contributed by atoms with Gasteiger partial charge in [0.1, 0.15) is 0 Å². The number of carbonyl (C=O) groups is 2. The number of aryl methyl sites for hydroxylation is 2. The van der Waals surface area contributed by atoms with Crippen LogP contribution in [0.25, 0.3) is 0 Å². The molecule has 2 rings (SSSR count). The second-order valence-corrected chi connectivity index (χ2v) is 5.15. The summed E-state index contributed by atoms with van der Waals surface area (Å²) in [5, 5.41) is 8.04. The first-order chi connectivity index (χ1) is 10.5. The third-order valence-corrected chi connectivity index (χ3v) is 3.27. The lowest BCUT2D eigenvalue weighted by atomic mass is 10.1. The van der Waals surface area contributed by atoms with Crippen LogP contribution >= 0.6 is 0 Å². The number of unbranched alkanes of at least 4 members (excludes halogenated alkanes) is 1. The van der Waals surface area contributed by atoms with Gasteiger partial charge in [-0.05, 0) is 25.0 Å². The van der Waals surface area contributed by atoms with E-state index in [2.05, 4.69) is 0 Å². The van der Waals surface area contributed by atoms with Crippen LogP contribution in [0.3, 0.4) is 0 Å². The predicted octanol–water partition coefficient (Wildman–Crippen LogP) is 3.83. The number of ketones is 1. The molecule has 0 aliphatic rings. The predicted molar refractivity (Wildman–Crippen MR) is 87.2 cm³/mol. The van der Waals surface area contributed by atoms with Crippen molar-refractivity contribution in [3.63, 3.8) is 0 Å². The Balaban J connectivity index is 0.000000295. The number of aliphatic carboxylic acids is 1. The lowest BCUT2D eigenvalue weighted by Gasteiger charge is -2.04. The Labute approximate surface area is 131 Å². The maximum atomic E-state index is 12.1. The molecule has 0 radical (unpaired) electrons. The molecule has 4 heteroatoms. The highest BCUT2D eigenvalue weighted by atomic mass is 16.4. The third-order valence-electron chi connectivity index (χ3n) is 3.27. The fraction of sp³-hybridized carbons (Fsp3) is 0.333. The minimum absolute atomic E-state index is 0.0839. The summed E-state index contributed by atoms with van der Waals surface area (Å²) in [6, 6.07) is 11.3. The average molecular weight is 301 g/mol. The summed E-state index contributed by atoms with van der Waals surface area (Å²) in [4.78, 5) is 21.9. The number of carboxylic acids is 1. The first-order valence-electron chi connectivity index (χ1n) is 7.40. The molecule has 0 spiro atoms. The van der Waals surface area contributed by atoms with E-state index >= 15 is 0 Å². The van der Waals surface area contributed by atoms with Gasteiger partial charge in [0, 0.05) is 25.2 Å². The van der Waals surface area contributed by atoms with Crippen molar-refractivity contribution in [3.05, 3.63) is 59.4 Å². The van der Waals surface area contributed by atoms with Gasteiger partial charge in [0.05, 0.1) is 5.69 Å². The summed E-state index contributed by atoms with van der Waals surface area (Å²) in [6.07, 6.45) is 3.99. The van der Waals surface area contributed by atoms with Crippen molar-refractivity contribution in [1.82, 2.24) is 4.57 Å². The topological polar surface area (TPSA) is 59.3 Å². The van der Waals surface area contributed by atoms with Crippen LogP contribution in [0.2, 0.25) is 0 Å². The van der Waals surface area contributed by atoms with Crippen molar-refractivity contribution >= 4 is 11.8 Å². The largest absolute Gasteiger partial charge is 0.481 e. The first-order valence-corrected chi connectivity index (χ1v) is 7.40. The van der Waals surface area contributed by atoms with Gasteiger partial charge in [0.15, 0.2) is 0 Å². The van der Waals surface area contributed by atoms with Crippen LogP contribution in [0.15, 0.2) is 42.6 Å². The van der Waals surface area contributed by atoms with Crippen molar-refractivity contribution in [3.8, 4) is 0 Å². The zero-order valence-corrected chi connectivity index (χ0v) is 13.4. The van der Waals surface area contributed by atoms with Crippen LogP contribution in [0.1, 0.15) is 47.8 Å². The molecule has 0 aliphatic heterocycles. The highest BCUT2D eigenvalue weighted by molar-refractivity contribution is 6.08. The van der Waals surface area contributed by atoms with Crippen LogP contribution in [0.4, 0.5) is 0 Å². The average Bonchev–Trinajstić information content (AvgIpc) is 2.85. The monoisotopic (exact) mass is 301 g/mol. The Morgan fingerprint density at radius 3 is 2.18 bits per heavy atom. The maximum absolute atomic E-state index is 12.1. The minimum Gasteiger partial charge on any atom is -0.481 e. The third kappa shape index (κ3) is 5.20. The molecular formula is C18H23NO3. The summed E-state index contributed by atoms with van der Waals surface area (Å²) in [5.74, 6) is -0.609. The van der Waals surface area contributed by atoms with Gasteiger partial charge >= 0.3 is 5.97 Å². The molecule has 22 heavy (non-hydrogen) atoms. The number of aromatic nitrogens is 1. The fourth-order valence-electron chi connectivity index (χ4n) is 2.05. The molecule has 0 atom stereocenters. The number of carbonyl (C=O) groups excluding carboxylic acids is 1. The molecule has 0 saturated heterocycles. The summed E-state index contributed by atoms with van der Waals surface area (Å²) in [5.41, 5.74) is 2.52. The number of hydrogen-bond donors (Lipinski definition) is 1. The Morgan fingerprint density at radius 1 is 1.14 bits per heavy atom. The van der Waals surface area contributed by atoms with Gasteiger partial charge in [0.25, 0.3) is 0 Å². The molecule has 2 aromatic rings. The molecular weight excluding hydrogens is 278 g/mol. The molecule has 4 nitrogen and oxygen atoms in total. The van der Waals surface area contributed by atoms with Crippen molar-refractivity contribution in [2.75, 3.05) is 0 Å². The van der Waals surface area contributed by atoms with Crippen molar-refractivity contribution in [2.24, 2.45) is 7.05 Å².